The van der Waals surface area contributed by atoms with Gasteiger partial charge in [0.15, 0.2) is 11.5 Å². The first-order chi connectivity index (χ1) is 8.15. The number of hydrogen-bond acceptors (Lipinski definition) is 3. The van der Waals surface area contributed by atoms with Crippen LogP contribution >= 0.6 is 0 Å². The average Bonchev–Trinajstić information content (AvgIpc) is 2.35. The zero-order valence-electron chi connectivity index (χ0n) is 10.1. The fourth-order valence-electron chi connectivity index (χ4n) is 1.27. The molecule has 0 heterocycles. The van der Waals surface area contributed by atoms with E-state index in [4.69, 9.17) is 4.74 Å². The molecular formula is C14H16O3. The summed E-state index contributed by atoms with van der Waals surface area (Å²) in [6.07, 6.45) is 3.28. The van der Waals surface area contributed by atoms with Crippen molar-refractivity contribution in [3.8, 4) is 0 Å². The molecule has 0 atom stereocenters. The van der Waals surface area contributed by atoms with Gasteiger partial charge in [0.05, 0.1) is 5.56 Å². The van der Waals surface area contributed by atoms with E-state index in [1.54, 1.807) is 30.3 Å². The predicted molar refractivity (Wildman–Crippen MR) is 65.5 cm³/mol. The molecule has 3 heteroatoms. The summed E-state index contributed by atoms with van der Waals surface area (Å²) in [7, 11) is 0. The van der Waals surface area contributed by atoms with E-state index in [1.807, 2.05) is 13.0 Å². The number of esters is 1. The van der Waals surface area contributed by atoms with Crippen molar-refractivity contribution in [1.29, 1.82) is 0 Å². The Morgan fingerprint density at radius 2 is 1.88 bits per heavy atom. The Kier molecular flexibility index (Phi) is 5.14. The van der Waals surface area contributed by atoms with Gasteiger partial charge in [-0.15, -0.1) is 0 Å². The summed E-state index contributed by atoms with van der Waals surface area (Å²) in [4.78, 5) is 23.0. The van der Waals surface area contributed by atoms with Gasteiger partial charge < -0.3 is 4.74 Å². The average molecular weight is 232 g/mol. The molecule has 90 valence electrons. The van der Waals surface area contributed by atoms with Gasteiger partial charge in [-0.05, 0) is 24.6 Å². The highest BCUT2D eigenvalue weighted by Crippen LogP contribution is 2.08. The Morgan fingerprint density at radius 3 is 2.41 bits per heavy atom. The SMILES string of the molecule is CCC/C=C(\OC(=O)c1ccccc1)C(C)=O. The normalized spacial score (nSPS) is 11.1. The summed E-state index contributed by atoms with van der Waals surface area (Å²) in [6, 6.07) is 8.62. The topological polar surface area (TPSA) is 43.4 Å². The summed E-state index contributed by atoms with van der Waals surface area (Å²) in [5, 5.41) is 0. The number of hydrogen-bond donors (Lipinski definition) is 0. The molecule has 0 bridgehead atoms. The van der Waals surface area contributed by atoms with Crippen LogP contribution in [0.2, 0.25) is 0 Å². The van der Waals surface area contributed by atoms with Crippen LogP contribution < -0.4 is 0 Å². The van der Waals surface area contributed by atoms with Crippen molar-refractivity contribution in [2.75, 3.05) is 0 Å². The summed E-state index contributed by atoms with van der Waals surface area (Å²) in [5.41, 5.74) is 0.441. The number of benzene rings is 1. The minimum Gasteiger partial charge on any atom is -0.419 e. The smallest absolute Gasteiger partial charge is 0.343 e. The van der Waals surface area contributed by atoms with Crippen LogP contribution in [0.3, 0.4) is 0 Å². The van der Waals surface area contributed by atoms with Crippen LogP contribution in [0, 0.1) is 0 Å². The standard InChI is InChI=1S/C14H16O3/c1-3-4-10-13(11(2)15)17-14(16)12-8-6-5-7-9-12/h5-10H,3-4H2,1-2H3/b13-10-. The number of allylic oxidation sites excluding steroid dienone is 2. The molecule has 0 aliphatic heterocycles. The maximum absolute atomic E-state index is 11.7. The Balaban J connectivity index is 2.75. The van der Waals surface area contributed by atoms with Gasteiger partial charge in [-0.3, -0.25) is 4.79 Å². The van der Waals surface area contributed by atoms with E-state index < -0.39 is 5.97 Å². The van der Waals surface area contributed by atoms with Crippen LogP contribution in [0.5, 0.6) is 0 Å². The van der Waals surface area contributed by atoms with Gasteiger partial charge in [-0.1, -0.05) is 31.5 Å². The molecular weight excluding hydrogens is 216 g/mol. The molecule has 0 saturated heterocycles. The van der Waals surface area contributed by atoms with E-state index in [9.17, 15) is 9.59 Å². The third-order valence-electron chi connectivity index (χ3n) is 2.18. The number of ether oxygens (including phenoxy) is 1. The minimum absolute atomic E-state index is 0.126. The van der Waals surface area contributed by atoms with E-state index in [1.165, 1.54) is 6.92 Å². The molecule has 0 aromatic heterocycles. The highest BCUT2D eigenvalue weighted by atomic mass is 16.5. The van der Waals surface area contributed by atoms with E-state index in [0.29, 0.717) is 5.56 Å². The van der Waals surface area contributed by atoms with Crippen LogP contribution in [-0.2, 0) is 9.53 Å². The number of carbonyl (C=O) groups is 2. The molecule has 0 N–H and O–H groups in total. The third-order valence-corrected chi connectivity index (χ3v) is 2.18. The van der Waals surface area contributed by atoms with E-state index in [2.05, 4.69) is 0 Å². The Labute approximate surface area is 101 Å². The monoisotopic (exact) mass is 232 g/mol. The number of unbranched alkanes of at least 4 members (excludes halogenated alkanes) is 1. The number of ketones is 1. The maximum Gasteiger partial charge on any atom is 0.343 e. The van der Waals surface area contributed by atoms with Gasteiger partial charge in [0.1, 0.15) is 0 Å². The summed E-state index contributed by atoms with van der Waals surface area (Å²) >= 11 is 0. The second-order valence-corrected chi connectivity index (χ2v) is 3.67. The van der Waals surface area contributed by atoms with Gasteiger partial charge >= 0.3 is 5.97 Å². The molecule has 0 fully saturated rings. The lowest BCUT2D eigenvalue weighted by molar-refractivity contribution is -0.116. The Morgan fingerprint density at radius 1 is 1.24 bits per heavy atom. The first kappa shape index (κ1) is 13.2. The molecule has 0 saturated carbocycles. The van der Waals surface area contributed by atoms with Crippen molar-refractivity contribution >= 4 is 11.8 Å². The second kappa shape index (κ2) is 6.63. The third kappa shape index (κ3) is 4.23. The number of Topliss-reactive ketones (excluding diaryl/α,β-unsaturated/α-hetero) is 1. The molecule has 0 spiro atoms. The number of rotatable bonds is 5. The van der Waals surface area contributed by atoms with Crippen LogP contribution in [-0.4, -0.2) is 11.8 Å². The molecule has 1 aromatic carbocycles. The van der Waals surface area contributed by atoms with Gasteiger partial charge in [-0.2, -0.15) is 0 Å². The molecule has 3 nitrogen and oxygen atoms in total. The van der Waals surface area contributed by atoms with Crippen LogP contribution in [0.4, 0.5) is 0 Å². The Bertz CT molecular complexity index is 418. The lowest BCUT2D eigenvalue weighted by atomic mass is 10.2. The van der Waals surface area contributed by atoms with Gasteiger partial charge in [0, 0.05) is 6.92 Å². The molecule has 0 radical (unpaired) electrons. The quantitative estimate of drug-likeness (QED) is 0.445. The summed E-state index contributed by atoms with van der Waals surface area (Å²) in [6.45, 7) is 3.38. The fourth-order valence-corrected chi connectivity index (χ4v) is 1.27. The van der Waals surface area contributed by atoms with E-state index >= 15 is 0 Å². The van der Waals surface area contributed by atoms with Gasteiger partial charge in [0.25, 0.3) is 0 Å². The molecule has 0 aliphatic carbocycles. The molecule has 0 amide bonds. The largest absolute Gasteiger partial charge is 0.419 e. The van der Waals surface area contributed by atoms with Gasteiger partial charge in [-0.25, -0.2) is 4.79 Å². The van der Waals surface area contributed by atoms with Crippen molar-refractivity contribution in [2.24, 2.45) is 0 Å². The second-order valence-electron chi connectivity index (χ2n) is 3.67. The predicted octanol–water partition coefficient (Wildman–Crippen LogP) is 3.12. The zero-order valence-corrected chi connectivity index (χ0v) is 10.1. The van der Waals surface area contributed by atoms with Crippen molar-refractivity contribution in [3.05, 3.63) is 47.7 Å². The van der Waals surface area contributed by atoms with Gasteiger partial charge in [0.2, 0.25) is 0 Å². The molecule has 1 aromatic rings. The van der Waals surface area contributed by atoms with E-state index in [-0.39, 0.29) is 11.5 Å². The molecule has 17 heavy (non-hydrogen) atoms. The van der Waals surface area contributed by atoms with Crippen molar-refractivity contribution in [3.63, 3.8) is 0 Å². The lowest BCUT2D eigenvalue weighted by Gasteiger charge is -2.05. The van der Waals surface area contributed by atoms with Crippen molar-refractivity contribution in [1.82, 2.24) is 0 Å². The number of carbonyl (C=O) groups excluding carboxylic acids is 2. The first-order valence-corrected chi connectivity index (χ1v) is 5.63. The highest BCUT2D eigenvalue weighted by molar-refractivity contribution is 5.97. The summed E-state index contributed by atoms with van der Waals surface area (Å²) < 4.78 is 5.07. The molecule has 0 aliphatic rings. The van der Waals surface area contributed by atoms with Crippen molar-refractivity contribution < 1.29 is 14.3 Å². The highest BCUT2D eigenvalue weighted by Gasteiger charge is 2.12. The van der Waals surface area contributed by atoms with E-state index in [0.717, 1.165) is 12.8 Å². The molecule has 1 rings (SSSR count). The van der Waals surface area contributed by atoms with Crippen molar-refractivity contribution in [2.45, 2.75) is 26.7 Å². The first-order valence-electron chi connectivity index (χ1n) is 5.63. The zero-order chi connectivity index (χ0) is 12.7. The lowest BCUT2D eigenvalue weighted by Crippen LogP contribution is -2.09. The molecule has 0 unspecified atom stereocenters. The van der Waals surface area contributed by atoms with Crippen LogP contribution in [0.1, 0.15) is 37.0 Å². The Hall–Kier alpha value is -1.90. The van der Waals surface area contributed by atoms with Crippen LogP contribution in [0.15, 0.2) is 42.2 Å². The maximum atomic E-state index is 11.7. The minimum atomic E-state index is -0.497. The summed E-state index contributed by atoms with van der Waals surface area (Å²) in [5.74, 6) is -0.605. The van der Waals surface area contributed by atoms with Crippen LogP contribution in [0.25, 0.3) is 0 Å². The fraction of sp³-hybridized carbons (Fsp3) is 0.286.